The van der Waals surface area contributed by atoms with Gasteiger partial charge in [0.25, 0.3) is 0 Å². The molecule has 0 spiro atoms. The number of piperidine rings is 1. The molecule has 76 valence electrons. The van der Waals surface area contributed by atoms with Crippen molar-refractivity contribution in [1.29, 1.82) is 0 Å². The minimum atomic E-state index is -0.248. The number of hydrogen-bond acceptors (Lipinski definition) is 3. The molecule has 0 aromatic rings. The van der Waals surface area contributed by atoms with Crippen LogP contribution in [0.1, 0.15) is 26.2 Å². The molecule has 1 aliphatic heterocycles. The molecule has 4 heteroatoms. The first kappa shape index (κ1) is 10.3. The van der Waals surface area contributed by atoms with Gasteiger partial charge in [-0.3, -0.25) is 0 Å². The first-order chi connectivity index (χ1) is 6.20. The van der Waals surface area contributed by atoms with E-state index < -0.39 is 0 Å². The van der Waals surface area contributed by atoms with E-state index >= 15 is 0 Å². The van der Waals surface area contributed by atoms with Crippen LogP contribution in [0.2, 0.25) is 0 Å². The summed E-state index contributed by atoms with van der Waals surface area (Å²) in [7, 11) is 1.41. The van der Waals surface area contributed by atoms with Gasteiger partial charge in [0.1, 0.15) is 0 Å². The highest BCUT2D eigenvalue weighted by atomic mass is 16.5. The zero-order chi connectivity index (χ0) is 9.84. The molecule has 1 aliphatic rings. The SMILES string of the molecule is CCC1C(N)CCCN1C(=O)OC. The van der Waals surface area contributed by atoms with Crippen LogP contribution in [0, 0.1) is 0 Å². The standard InChI is InChI=1S/C9H18N2O2/c1-3-8-7(10)5-4-6-11(8)9(12)13-2/h7-8H,3-6,10H2,1-2H3. The summed E-state index contributed by atoms with van der Waals surface area (Å²) in [6.07, 6.45) is 2.64. The van der Waals surface area contributed by atoms with Gasteiger partial charge in [-0.1, -0.05) is 6.92 Å². The Balaban J connectivity index is 2.64. The van der Waals surface area contributed by atoms with E-state index in [1.807, 2.05) is 6.92 Å². The molecule has 1 amide bonds. The smallest absolute Gasteiger partial charge is 0.409 e. The zero-order valence-electron chi connectivity index (χ0n) is 8.32. The van der Waals surface area contributed by atoms with E-state index in [0.717, 1.165) is 25.8 Å². The number of methoxy groups -OCH3 is 1. The van der Waals surface area contributed by atoms with Crippen molar-refractivity contribution in [2.45, 2.75) is 38.3 Å². The molecule has 1 rings (SSSR count). The van der Waals surface area contributed by atoms with Crippen LogP contribution in [0.3, 0.4) is 0 Å². The minimum absolute atomic E-state index is 0.109. The molecule has 4 nitrogen and oxygen atoms in total. The lowest BCUT2D eigenvalue weighted by molar-refractivity contribution is 0.0806. The van der Waals surface area contributed by atoms with Gasteiger partial charge in [-0.15, -0.1) is 0 Å². The van der Waals surface area contributed by atoms with Crippen molar-refractivity contribution in [3.8, 4) is 0 Å². The van der Waals surface area contributed by atoms with Crippen LogP contribution in [-0.2, 0) is 4.74 Å². The van der Waals surface area contributed by atoms with Crippen LogP contribution >= 0.6 is 0 Å². The Morgan fingerprint density at radius 1 is 1.69 bits per heavy atom. The quantitative estimate of drug-likeness (QED) is 0.663. The molecule has 1 fully saturated rings. The van der Waals surface area contributed by atoms with E-state index in [2.05, 4.69) is 0 Å². The number of likely N-dealkylation sites (tertiary alicyclic amines) is 1. The van der Waals surface area contributed by atoms with Gasteiger partial charge in [0, 0.05) is 18.6 Å². The third-order valence-corrected chi connectivity index (χ3v) is 2.66. The van der Waals surface area contributed by atoms with Crippen molar-refractivity contribution in [2.24, 2.45) is 5.73 Å². The first-order valence-electron chi connectivity index (χ1n) is 4.80. The summed E-state index contributed by atoms with van der Waals surface area (Å²) < 4.78 is 4.70. The molecule has 1 heterocycles. The highest BCUT2D eigenvalue weighted by Crippen LogP contribution is 2.19. The van der Waals surface area contributed by atoms with Crippen LogP contribution in [0.4, 0.5) is 4.79 Å². The van der Waals surface area contributed by atoms with Gasteiger partial charge < -0.3 is 15.4 Å². The van der Waals surface area contributed by atoms with E-state index in [0.29, 0.717) is 0 Å². The first-order valence-corrected chi connectivity index (χ1v) is 4.80. The predicted molar refractivity (Wildman–Crippen MR) is 50.4 cm³/mol. The van der Waals surface area contributed by atoms with E-state index in [4.69, 9.17) is 10.5 Å². The van der Waals surface area contributed by atoms with Gasteiger partial charge in [0.15, 0.2) is 0 Å². The van der Waals surface area contributed by atoms with Crippen molar-refractivity contribution < 1.29 is 9.53 Å². The second kappa shape index (κ2) is 4.46. The number of nitrogens with two attached hydrogens (primary N) is 1. The maximum absolute atomic E-state index is 11.3. The summed E-state index contributed by atoms with van der Waals surface area (Å²) in [6, 6.07) is 0.263. The Labute approximate surface area is 79.0 Å². The third kappa shape index (κ3) is 2.12. The van der Waals surface area contributed by atoms with Crippen LogP contribution in [0.5, 0.6) is 0 Å². The van der Waals surface area contributed by atoms with Gasteiger partial charge in [0.2, 0.25) is 0 Å². The number of nitrogens with zero attached hydrogens (tertiary/aromatic N) is 1. The highest BCUT2D eigenvalue weighted by molar-refractivity contribution is 5.68. The summed E-state index contributed by atoms with van der Waals surface area (Å²) in [6.45, 7) is 2.82. The molecule has 0 aromatic carbocycles. The molecular formula is C9H18N2O2. The summed E-state index contributed by atoms with van der Waals surface area (Å²) in [5.41, 5.74) is 5.92. The van der Waals surface area contributed by atoms with E-state index in [-0.39, 0.29) is 18.2 Å². The number of hydrogen-bond donors (Lipinski definition) is 1. The monoisotopic (exact) mass is 186 g/mol. The molecule has 2 unspecified atom stereocenters. The lowest BCUT2D eigenvalue weighted by Crippen LogP contribution is -2.53. The average molecular weight is 186 g/mol. The number of ether oxygens (including phenoxy) is 1. The van der Waals surface area contributed by atoms with Crippen LogP contribution in [0.25, 0.3) is 0 Å². The van der Waals surface area contributed by atoms with Crippen molar-refractivity contribution in [2.75, 3.05) is 13.7 Å². The van der Waals surface area contributed by atoms with E-state index in [1.54, 1.807) is 4.90 Å². The van der Waals surface area contributed by atoms with Crippen molar-refractivity contribution in [1.82, 2.24) is 4.90 Å². The van der Waals surface area contributed by atoms with Crippen LogP contribution in [-0.4, -0.2) is 36.7 Å². The molecule has 2 atom stereocenters. The van der Waals surface area contributed by atoms with Crippen molar-refractivity contribution in [3.05, 3.63) is 0 Å². The Morgan fingerprint density at radius 2 is 2.38 bits per heavy atom. The maximum Gasteiger partial charge on any atom is 0.409 e. The summed E-state index contributed by atoms with van der Waals surface area (Å²) in [5.74, 6) is 0. The van der Waals surface area contributed by atoms with Crippen molar-refractivity contribution in [3.63, 3.8) is 0 Å². The molecule has 2 N–H and O–H groups in total. The molecule has 13 heavy (non-hydrogen) atoms. The van der Waals surface area contributed by atoms with E-state index in [9.17, 15) is 4.79 Å². The topological polar surface area (TPSA) is 55.6 Å². The number of rotatable bonds is 1. The second-order valence-corrected chi connectivity index (χ2v) is 3.45. The summed E-state index contributed by atoms with van der Waals surface area (Å²) in [4.78, 5) is 13.1. The number of carbonyl (C=O) groups is 1. The van der Waals surface area contributed by atoms with Gasteiger partial charge in [0.05, 0.1) is 7.11 Å². The van der Waals surface area contributed by atoms with Crippen LogP contribution in [0.15, 0.2) is 0 Å². The summed E-state index contributed by atoms with van der Waals surface area (Å²) >= 11 is 0. The fraction of sp³-hybridized carbons (Fsp3) is 0.889. The third-order valence-electron chi connectivity index (χ3n) is 2.66. The number of amides is 1. The Morgan fingerprint density at radius 3 is 2.92 bits per heavy atom. The molecule has 1 saturated heterocycles. The average Bonchev–Trinajstić information content (AvgIpc) is 2.16. The van der Waals surface area contributed by atoms with Crippen molar-refractivity contribution >= 4 is 6.09 Å². The fourth-order valence-corrected chi connectivity index (χ4v) is 1.95. The highest BCUT2D eigenvalue weighted by Gasteiger charge is 2.31. The summed E-state index contributed by atoms with van der Waals surface area (Å²) in [5, 5.41) is 0. The normalized spacial score (nSPS) is 28.7. The Bertz CT molecular complexity index is 184. The van der Waals surface area contributed by atoms with E-state index in [1.165, 1.54) is 7.11 Å². The molecule has 0 aromatic heterocycles. The van der Waals surface area contributed by atoms with Gasteiger partial charge in [-0.05, 0) is 19.3 Å². The fourth-order valence-electron chi connectivity index (χ4n) is 1.95. The lowest BCUT2D eigenvalue weighted by Gasteiger charge is -2.38. The predicted octanol–water partition coefficient (Wildman–Crippen LogP) is 0.955. The Kier molecular flexibility index (Phi) is 3.54. The largest absolute Gasteiger partial charge is 0.453 e. The van der Waals surface area contributed by atoms with Crippen LogP contribution < -0.4 is 5.73 Å². The second-order valence-electron chi connectivity index (χ2n) is 3.45. The van der Waals surface area contributed by atoms with Gasteiger partial charge in [-0.2, -0.15) is 0 Å². The van der Waals surface area contributed by atoms with Gasteiger partial charge >= 0.3 is 6.09 Å². The molecule has 0 bridgehead atoms. The molecule has 0 saturated carbocycles. The Hall–Kier alpha value is -0.770. The lowest BCUT2D eigenvalue weighted by atomic mass is 9.95. The molecular weight excluding hydrogens is 168 g/mol. The number of carbonyl (C=O) groups excluding carboxylic acids is 1. The minimum Gasteiger partial charge on any atom is -0.453 e. The zero-order valence-corrected chi connectivity index (χ0v) is 8.32. The maximum atomic E-state index is 11.3. The molecule has 0 radical (unpaired) electrons. The molecule has 0 aliphatic carbocycles. The van der Waals surface area contributed by atoms with Gasteiger partial charge in [-0.25, -0.2) is 4.79 Å².